The van der Waals surface area contributed by atoms with Crippen LogP contribution >= 0.6 is 10.7 Å². The number of benzene rings is 1. The molecule has 82 valence electrons. The molecule has 0 bridgehead atoms. The van der Waals surface area contributed by atoms with Gasteiger partial charge in [0.05, 0.1) is 4.90 Å². The van der Waals surface area contributed by atoms with E-state index in [1.165, 1.54) is 13.0 Å². The number of carbonyl (C=O) groups is 1. The number of carbonyl (C=O) groups excluding carboxylic acids is 1. The molecule has 5 heteroatoms. The van der Waals surface area contributed by atoms with Crippen LogP contribution in [-0.4, -0.2) is 14.2 Å². The Morgan fingerprint density at radius 3 is 2.40 bits per heavy atom. The molecule has 0 saturated carbocycles. The van der Waals surface area contributed by atoms with Crippen LogP contribution in [0, 0.1) is 0 Å². The second-order valence-electron chi connectivity index (χ2n) is 3.17. The van der Waals surface area contributed by atoms with Crippen LogP contribution in [0.15, 0.2) is 23.1 Å². The van der Waals surface area contributed by atoms with Gasteiger partial charge in [-0.15, -0.1) is 0 Å². The van der Waals surface area contributed by atoms with Crippen LogP contribution in [0.2, 0.25) is 0 Å². The van der Waals surface area contributed by atoms with Crippen LogP contribution in [-0.2, 0) is 15.5 Å². The Labute approximate surface area is 93.5 Å². The SMILES string of the molecule is CCc1ccc(C(C)=O)cc1S(=O)(=O)Cl. The third-order valence-electron chi connectivity index (χ3n) is 2.12. The van der Waals surface area contributed by atoms with Gasteiger partial charge in [-0.1, -0.05) is 19.1 Å². The van der Waals surface area contributed by atoms with Crippen LogP contribution in [0.5, 0.6) is 0 Å². The second kappa shape index (κ2) is 4.33. The van der Waals surface area contributed by atoms with Crippen molar-refractivity contribution in [2.75, 3.05) is 0 Å². The first-order chi connectivity index (χ1) is 6.86. The summed E-state index contributed by atoms with van der Waals surface area (Å²) in [6, 6.07) is 4.54. The zero-order valence-electron chi connectivity index (χ0n) is 8.45. The zero-order valence-corrected chi connectivity index (χ0v) is 10.0. The zero-order chi connectivity index (χ0) is 11.6. The fourth-order valence-electron chi connectivity index (χ4n) is 1.29. The van der Waals surface area contributed by atoms with Gasteiger partial charge < -0.3 is 0 Å². The molecule has 0 N–H and O–H groups in total. The van der Waals surface area contributed by atoms with Gasteiger partial charge >= 0.3 is 0 Å². The second-order valence-corrected chi connectivity index (χ2v) is 5.70. The van der Waals surface area contributed by atoms with E-state index in [1.807, 2.05) is 6.92 Å². The first-order valence-electron chi connectivity index (χ1n) is 4.44. The lowest BCUT2D eigenvalue weighted by Crippen LogP contribution is -2.01. The maximum atomic E-state index is 11.2. The van der Waals surface area contributed by atoms with Crippen LogP contribution in [0.25, 0.3) is 0 Å². The van der Waals surface area contributed by atoms with Gasteiger partial charge in [0.2, 0.25) is 0 Å². The topological polar surface area (TPSA) is 51.2 Å². The van der Waals surface area contributed by atoms with Crippen molar-refractivity contribution >= 4 is 25.5 Å². The highest BCUT2D eigenvalue weighted by Crippen LogP contribution is 2.22. The van der Waals surface area contributed by atoms with Crippen molar-refractivity contribution in [3.8, 4) is 0 Å². The van der Waals surface area contributed by atoms with E-state index in [1.54, 1.807) is 12.1 Å². The Balaban J connectivity index is 3.46. The van der Waals surface area contributed by atoms with Crippen molar-refractivity contribution in [1.29, 1.82) is 0 Å². The Morgan fingerprint density at radius 2 is 2.00 bits per heavy atom. The molecule has 0 fully saturated rings. The van der Waals surface area contributed by atoms with E-state index < -0.39 is 9.05 Å². The van der Waals surface area contributed by atoms with Gasteiger partial charge in [-0.25, -0.2) is 8.42 Å². The van der Waals surface area contributed by atoms with Crippen molar-refractivity contribution in [2.45, 2.75) is 25.2 Å². The molecule has 1 aromatic rings. The van der Waals surface area contributed by atoms with Crippen molar-refractivity contribution in [2.24, 2.45) is 0 Å². The summed E-state index contributed by atoms with van der Waals surface area (Å²) in [7, 11) is 1.50. The maximum Gasteiger partial charge on any atom is 0.261 e. The highest BCUT2D eigenvalue weighted by Gasteiger charge is 2.16. The predicted octanol–water partition coefficient (Wildman–Crippen LogP) is 2.38. The van der Waals surface area contributed by atoms with Crippen molar-refractivity contribution in [1.82, 2.24) is 0 Å². The lowest BCUT2D eigenvalue weighted by molar-refractivity contribution is 0.101. The van der Waals surface area contributed by atoms with E-state index in [-0.39, 0.29) is 10.7 Å². The third-order valence-corrected chi connectivity index (χ3v) is 3.52. The number of halogens is 1. The minimum Gasteiger partial charge on any atom is -0.295 e. The van der Waals surface area contributed by atoms with Gasteiger partial charge in [0.1, 0.15) is 0 Å². The molecule has 0 unspecified atom stereocenters. The molecule has 0 spiro atoms. The van der Waals surface area contributed by atoms with E-state index in [9.17, 15) is 13.2 Å². The minimum atomic E-state index is -3.78. The highest BCUT2D eigenvalue weighted by atomic mass is 35.7. The van der Waals surface area contributed by atoms with Crippen molar-refractivity contribution in [3.63, 3.8) is 0 Å². The van der Waals surface area contributed by atoms with E-state index in [4.69, 9.17) is 10.7 Å². The number of aryl methyl sites for hydroxylation is 1. The molecule has 0 amide bonds. The van der Waals surface area contributed by atoms with Crippen molar-refractivity contribution < 1.29 is 13.2 Å². The monoisotopic (exact) mass is 246 g/mol. The molecule has 15 heavy (non-hydrogen) atoms. The molecule has 0 aliphatic heterocycles. The first kappa shape index (κ1) is 12.2. The Bertz CT molecular complexity index is 491. The van der Waals surface area contributed by atoms with Gasteiger partial charge in [0, 0.05) is 16.2 Å². The minimum absolute atomic E-state index is 0.0272. The summed E-state index contributed by atoms with van der Waals surface area (Å²) >= 11 is 0. The number of Topliss-reactive ketones (excluding diaryl/α,β-unsaturated/α-hetero) is 1. The average molecular weight is 247 g/mol. The summed E-state index contributed by atoms with van der Waals surface area (Å²) in [6.07, 6.45) is 0.555. The quantitative estimate of drug-likeness (QED) is 0.608. The smallest absolute Gasteiger partial charge is 0.261 e. The summed E-state index contributed by atoms with van der Waals surface area (Å²) in [5.74, 6) is -0.181. The van der Waals surface area contributed by atoms with Crippen LogP contribution < -0.4 is 0 Å². The normalized spacial score (nSPS) is 11.4. The number of hydrogen-bond acceptors (Lipinski definition) is 3. The van der Waals surface area contributed by atoms with Gasteiger partial charge in [-0.05, 0) is 25.0 Å². The Morgan fingerprint density at radius 1 is 1.40 bits per heavy atom. The predicted molar refractivity (Wildman–Crippen MR) is 58.9 cm³/mol. The van der Waals surface area contributed by atoms with E-state index in [0.717, 1.165) is 0 Å². The highest BCUT2D eigenvalue weighted by molar-refractivity contribution is 8.13. The molecular formula is C10H11ClO3S. The molecule has 1 aromatic carbocycles. The molecule has 0 radical (unpaired) electrons. The largest absolute Gasteiger partial charge is 0.295 e. The molecule has 0 aliphatic carbocycles. The van der Waals surface area contributed by atoms with Gasteiger partial charge in [0.15, 0.2) is 5.78 Å². The standard InChI is InChI=1S/C10H11ClO3S/c1-3-8-4-5-9(7(2)12)6-10(8)15(11,13)14/h4-6H,3H2,1-2H3. The summed E-state index contributed by atoms with van der Waals surface area (Å²) in [4.78, 5) is 11.1. The summed E-state index contributed by atoms with van der Waals surface area (Å²) in [5, 5.41) is 0. The average Bonchev–Trinajstić information content (AvgIpc) is 2.15. The van der Waals surface area contributed by atoms with Crippen LogP contribution in [0.4, 0.5) is 0 Å². The molecule has 0 atom stereocenters. The molecule has 0 aliphatic rings. The third kappa shape index (κ3) is 2.79. The molecule has 3 nitrogen and oxygen atoms in total. The Kier molecular flexibility index (Phi) is 3.52. The lowest BCUT2D eigenvalue weighted by atomic mass is 10.1. The lowest BCUT2D eigenvalue weighted by Gasteiger charge is -2.05. The molecule has 0 heterocycles. The van der Waals surface area contributed by atoms with Crippen molar-refractivity contribution in [3.05, 3.63) is 29.3 Å². The first-order valence-corrected chi connectivity index (χ1v) is 6.75. The summed E-state index contributed by atoms with van der Waals surface area (Å²) < 4.78 is 22.5. The molecule has 1 rings (SSSR count). The van der Waals surface area contributed by atoms with E-state index in [0.29, 0.717) is 17.5 Å². The maximum absolute atomic E-state index is 11.2. The number of hydrogen-bond donors (Lipinski definition) is 0. The van der Waals surface area contributed by atoms with E-state index >= 15 is 0 Å². The summed E-state index contributed by atoms with van der Waals surface area (Å²) in [6.45, 7) is 3.21. The number of rotatable bonds is 3. The molecule has 0 saturated heterocycles. The fourth-order valence-corrected chi connectivity index (χ4v) is 2.52. The Hall–Kier alpha value is -0.870. The van der Waals surface area contributed by atoms with Gasteiger partial charge in [0.25, 0.3) is 9.05 Å². The molecular weight excluding hydrogens is 236 g/mol. The molecule has 0 aromatic heterocycles. The van der Waals surface area contributed by atoms with Gasteiger partial charge in [-0.3, -0.25) is 4.79 Å². The van der Waals surface area contributed by atoms with E-state index in [2.05, 4.69) is 0 Å². The van der Waals surface area contributed by atoms with Crippen LogP contribution in [0.1, 0.15) is 29.8 Å². The fraction of sp³-hybridized carbons (Fsp3) is 0.300. The van der Waals surface area contributed by atoms with Gasteiger partial charge in [-0.2, -0.15) is 0 Å². The summed E-state index contributed by atoms with van der Waals surface area (Å²) in [5.41, 5.74) is 0.974. The van der Waals surface area contributed by atoms with Crippen LogP contribution in [0.3, 0.4) is 0 Å². The number of ketones is 1.